The Morgan fingerprint density at radius 1 is 1.56 bits per heavy atom. The third-order valence-electron chi connectivity index (χ3n) is 2.08. The largest absolute Gasteiger partial charge is 0.870 e. The van der Waals surface area contributed by atoms with E-state index in [1.165, 1.54) is 0 Å². The summed E-state index contributed by atoms with van der Waals surface area (Å²) in [6.07, 6.45) is 3.36. The average Bonchev–Trinajstić information content (AvgIpc) is 1.99. The van der Waals surface area contributed by atoms with Gasteiger partial charge in [0.15, 0.2) is 0 Å². The normalized spacial score (nSPS) is 15.8. The maximum Gasteiger partial charge on any atom is 0.365 e. The zero-order valence-electron chi connectivity index (χ0n) is 9.88. The zero-order valence-corrected chi connectivity index (χ0v) is 9.88. The van der Waals surface area contributed by atoms with Crippen LogP contribution in [0.15, 0.2) is 12.3 Å². The molecule has 2 atom stereocenters. The molecule has 0 spiro atoms. The number of rotatable bonds is 4. The highest BCUT2D eigenvalue weighted by Gasteiger charge is 2.30. The van der Waals surface area contributed by atoms with Crippen molar-refractivity contribution >= 4 is 5.97 Å². The van der Waals surface area contributed by atoms with Gasteiger partial charge in [-0.1, -0.05) is 6.92 Å². The minimum Gasteiger partial charge on any atom is -0.870 e. The van der Waals surface area contributed by atoms with Crippen molar-refractivity contribution in [3.05, 3.63) is 12.3 Å². The van der Waals surface area contributed by atoms with E-state index in [2.05, 4.69) is 4.74 Å². The van der Waals surface area contributed by atoms with E-state index >= 15 is 0 Å². The van der Waals surface area contributed by atoms with Crippen LogP contribution in [0.4, 0.5) is 0 Å². The Morgan fingerprint density at radius 2 is 1.94 bits per heavy atom. The van der Waals surface area contributed by atoms with Crippen molar-refractivity contribution in [1.82, 2.24) is 0 Å². The Morgan fingerprint density at radius 3 is 2.00 bits per heavy atom. The van der Waals surface area contributed by atoms with E-state index in [1.807, 2.05) is 6.08 Å². The Kier molecular flexibility index (Phi) is 9.88. The van der Waals surface area contributed by atoms with E-state index in [1.54, 1.807) is 27.3 Å². The fourth-order valence-electron chi connectivity index (χ4n) is 1.13. The van der Waals surface area contributed by atoms with Crippen molar-refractivity contribution in [3.8, 4) is 0 Å². The molecular weight excluding hydrogens is 214 g/mol. The lowest BCUT2D eigenvalue weighted by Crippen LogP contribution is -3.12. The zero-order chi connectivity index (χ0) is 11.8. The maximum absolute atomic E-state index is 10.6. The number of quaternary nitrogens is 1. The van der Waals surface area contributed by atoms with Gasteiger partial charge in [-0.15, -0.1) is 0 Å². The minimum atomic E-state index is -0.945. The second-order valence-corrected chi connectivity index (χ2v) is 3.57. The van der Waals surface area contributed by atoms with Crippen LogP contribution in [-0.4, -0.2) is 54.5 Å². The number of aliphatic carboxylic acids is 1. The van der Waals surface area contributed by atoms with Crippen molar-refractivity contribution < 1.29 is 30.1 Å². The van der Waals surface area contributed by atoms with Crippen molar-refractivity contribution in [1.29, 1.82) is 0 Å². The lowest BCUT2D eigenvalue weighted by Gasteiger charge is -2.20. The summed E-state index contributed by atoms with van der Waals surface area (Å²) in [6.45, 7) is 2.59. The molecule has 0 bridgehead atoms. The van der Waals surface area contributed by atoms with E-state index in [-0.39, 0.29) is 5.48 Å². The van der Waals surface area contributed by atoms with Gasteiger partial charge in [0.05, 0.1) is 20.4 Å². The quantitative estimate of drug-likeness (QED) is 0.562. The van der Waals surface area contributed by atoms with Crippen LogP contribution in [0.3, 0.4) is 0 Å². The molecule has 0 radical (unpaired) electrons. The fraction of sp³-hybridized carbons (Fsp3) is 0.700. The van der Waals surface area contributed by atoms with Crippen molar-refractivity contribution in [2.75, 3.05) is 20.7 Å². The Balaban J connectivity index is 0. The highest BCUT2D eigenvalue weighted by atomic mass is 16.5. The summed E-state index contributed by atoms with van der Waals surface area (Å²) < 4.78 is 4.54. The highest BCUT2D eigenvalue weighted by Crippen LogP contribution is 1.94. The van der Waals surface area contributed by atoms with Crippen LogP contribution in [-0.2, 0) is 9.53 Å². The topological polar surface area (TPSA) is 101 Å². The van der Waals surface area contributed by atoms with Crippen LogP contribution >= 0.6 is 0 Å². The third kappa shape index (κ3) is 6.39. The van der Waals surface area contributed by atoms with Crippen LogP contribution in [0, 0.1) is 0 Å². The van der Waals surface area contributed by atoms with Gasteiger partial charge >= 0.3 is 5.97 Å². The minimum absolute atomic E-state index is 0. The lowest BCUT2D eigenvalue weighted by atomic mass is 10.1. The number of carboxylic acids is 1. The molecule has 16 heavy (non-hydrogen) atoms. The monoisotopic (exact) mass is 235 g/mol. The molecule has 1 aliphatic rings. The van der Waals surface area contributed by atoms with E-state index in [4.69, 9.17) is 5.11 Å². The first-order valence-corrected chi connectivity index (χ1v) is 4.98. The van der Waals surface area contributed by atoms with Crippen LogP contribution in [0.1, 0.15) is 13.3 Å². The molecule has 0 aromatic rings. The van der Waals surface area contributed by atoms with Gasteiger partial charge in [0.1, 0.15) is 12.7 Å². The van der Waals surface area contributed by atoms with E-state index < -0.39 is 18.1 Å². The molecule has 4 N–H and O–H groups in total. The SMILES string of the molecule is C1=COC1.CCC(O)C(C(=O)O)[NH+](C)C.[OH-]. The van der Waals surface area contributed by atoms with Crippen molar-refractivity contribution in [3.63, 3.8) is 0 Å². The second-order valence-electron chi connectivity index (χ2n) is 3.57. The number of aliphatic hydroxyl groups excluding tert-OH is 1. The molecule has 0 fully saturated rings. The number of aliphatic hydroxyl groups is 1. The van der Waals surface area contributed by atoms with Gasteiger partial charge in [-0.3, -0.25) is 0 Å². The fourth-order valence-corrected chi connectivity index (χ4v) is 1.13. The number of carboxylic acid groups (broad SMARTS) is 1. The first-order valence-electron chi connectivity index (χ1n) is 4.98. The molecule has 0 amide bonds. The number of nitrogens with one attached hydrogen (secondary N) is 1. The number of hydrogen-bond acceptors (Lipinski definition) is 4. The van der Waals surface area contributed by atoms with Gasteiger partial charge in [0, 0.05) is 0 Å². The van der Waals surface area contributed by atoms with E-state index in [9.17, 15) is 9.90 Å². The predicted octanol–water partition coefficient (Wildman–Crippen LogP) is -1.29. The Bertz CT molecular complexity index is 211. The highest BCUT2D eigenvalue weighted by molar-refractivity contribution is 5.72. The number of likely N-dealkylation sites (N-methyl/N-ethyl adjacent to an activating group) is 1. The van der Waals surface area contributed by atoms with E-state index in [0.29, 0.717) is 6.42 Å². The molecule has 0 aromatic heterocycles. The molecule has 6 nitrogen and oxygen atoms in total. The summed E-state index contributed by atoms with van der Waals surface area (Å²) >= 11 is 0. The molecule has 1 heterocycles. The van der Waals surface area contributed by atoms with E-state index in [0.717, 1.165) is 11.5 Å². The van der Waals surface area contributed by atoms with Crippen LogP contribution in [0.2, 0.25) is 0 Å². The first kappa shape index (κ1) is 17.3. The molecule has 0 saturated carbocycles. The van der Waals surface area contributed by atoms with Gasteiger partial charge in [-0.2, -0.15) is 0 Å². The molecule has 1 aliphatic heterocycles. The number of carbonyl (C=O) groups is 1. The smallest absolute Gasteiger partial charge is 0.365 e. The summed E-state index contributed by atoms with van der Waals surface area (Å²) in [7, 11) is 3.44. The van der Waals surface area contributed by atoms with Gasteiger partial charge in [0.25, 0.3) is 0 Å². The Labute approximate surface area is 95.4 Å². The number of ether oxygens (including phenoxy) is 1. The summed E-state index contributed by atoms with van der Waals surface area (Å²) in [5.74, 6) is -0.945. The number of hydrogen-bond donors (Lipinski definition) is 3. The van der Waals surface area contributed by atoms with Crippen molar-refractivity contribution in [2.45, 2.75) is 25.5 Å². The maximum atomic E-state index is 10.6. The molecule has 0 aliphatic carbocycles. The second kappa shape index (κ2) is 9.14. The molecule has 0 saturated heterocycles. The summed E-state index contributed by atoms with van der Waals surface area (Å²) in [6, 6.07) is -0.708. The lowest BCUT2D eigenvalue weighted by molar-refractivity contribution is -0.880. The molecule has 96 valence electrons. The standard InChI is InChI=1S/C7H15NO3.C3H4O.H2O/c1-4-5(9)6(7(10)11)8(2)3;1-2-4-3-1;/h5-6,9H,4H2,1-3H3,(H,10,11);1-2H,3H2;1H2. The molecule has 2 unspecified atom stereocenters. The van der Waals surface area contributed by atoms with Crippen LogP contribution in [0.5, 0.6) is 0 Å². The summed E-state index contributed by atoms with van der Waals surface area (Å²) in [5, 5.41) is 17.9. The first-order chi connectivity index (χ1) is 7.00. The van der Waals surface area contributed by atoms with Gasteiger partial charge in [-0.05, 0) is 12.5 Å². The van der Waals surface area contributed by atoms with Crippen molar-refractivity contribution in [2.24, 2.45) is 0 Å². The van der Waals surface area contributed by atoms with Gasteiger partial charge < -0.3 is 25.3 Å². The van der Waals surface area contributed by atoms with Crippen LogP contribution in [0.25, 0.3) is 0 Å². The summed E-state index contributed by atoms with van der Waals surface area (Å²) in [4.78, 5) is 11.3. The predicted molar refractivity (Wildman–Crippen MR) is 57.6 cm³/mol. The molecular formula is C10H21NO5. The Hall–Kier alpha value is -1.11. The van der Waals surface area contributed by atoms with Crippen LogP contribution < -0.4 is 4.90 Å². The molecule has 1 rings (SSSR count). The molecule has 0 aromatic carbocycles. The summed E-state index contributed by atoms with van der Waals surface area (Å²) in [5.41, 5.74) is 0. The van der Waals surface area contributed by atoms with Gasteiger partial charge in [-0.25, -0.2) is 4.79 Å². The molecule has 6 heteroatoms. The van der Waals surface area contributed by atoms with Gasteiger partial charge in [0.2, 0.25) is 6.04 Å². The average molecular weight is 235 g/mol. The third-order valence-corrected chi connectivity index (χ3v) is 2.08.